The molecule has 0 heterocycles. The maximum absolute atomic E-state index is 12.0. The highest BCUT2D eigenvalue weighted by molar-refractivity contribution is 7.86. The van der Waals surface area contributed by atoms with Crippen molar-refractivity contribution in [1.82, 2.24) is 0 Å². The molecule has 58 heavy (non-hydrogen) atoms. The minimum absolute atomic E-state index is 0.0579. The Morgan fingerprint density at radius 2 is 1.05 bits per heavy atom. The number of phenols is 2. The van der Waals surface area contributed by atoms with Gasteiger partial charge < -0.3 is 46.1 Å². The highest BCUT2D eigenvalue weighted by Crippen LogP contribution is 2.24. The second-order valence-corrected chi connectivity index (χ2v) is 14.9. The molecule has 318 valence electrons. The van der Waals surface area contributed by atoms with Crippen LogP contribution in [0.1, 0.15) is 46.3 Å². The number of ketones is 1. The summed E-state index contributed by atoms with van der Waals surface area (Å²) >= 11 is 0. The van der Waals surface area contributed by atoms with Gasteiger partial charge in [-0.05, 0) is 97.6 Å². The predicted octanol–water partition coefficient (Wildman–Crippen LogP) is 3.15. The first-order valence-corrected chi connectivity index (χ1v) is 20.4. The van der Waals surface area contributed by atoms with Gasteiger partial charge in [0.05, 0.1) is 50.6 Å². The summed E-state index contributed by atoms with van der Waals surface area (Å²) in [5, 5.41) is 49.2. The number of phenolic OH excluding ortho intramolecular Hbond substituents is 2. The van der Waals surface area contributed by atoms with E-state index in [-0.39, 0.29) is 40.9 Å². The molecule has 0 aliphatic carbocycles. The third-order valence-corrected chi connectivity index (χ3v) is 8.56. The molecule has 20 heteroatoms. The summed E-state index contributed by atoms with van der Waals surface area (Å²) < 4.78 is 70.5. The van der Waals surface area contributed by atoms with Crippen LogP contribution in [-0.2, 0) is 26.7 Å². The molecule has 4 aromatic rings. The Morgan fingerprint density at radius 3 is 1.38 bits per heavy atom. The van der Waals surface area contributed by atoms with Crippen LogP contribution in [0, 0.1) is 10.8 Å². The summed E-state index contributed by atoms with van der Waals surface area (Å²) in [6.07, 6.45) is 3.08. The molecule has 0 saturated carbocycles. The first-order valence-electron chi connectivity index (χ1n) is 17.2. The molecule has 0 atom stereocenters. The lowest BCUT2D eigenvalue weighted by Gasteiger charge is -2.08. The van der Waals surface area contributed by atoms with E-state index in [2.05, 4.69) is 0 Å². The Labute approximate surface area is 337 Å². The minimum Gasteiger partial charge on any atom is -0.508 e. The van der Waals surface area contributed by atoms with Crippen LogP contribution in [0.25, 0.3) is 0 Å². The normalized spacial score (nSPS) is 10.6. The Balaban J connectivity index is 0.000000445. The standard InChI is InChI=1S/C19H24N4O2.C15H14O4.2C2H6O4S/c20-18(21)14-4-8-16(9-5-14)24-12-2-1-3-13-25-17-10-6-15(7-11-17)19(22)23;1-19-12-5-2-10(3-6-12)8-14(17)13-7-4-11(16)9-15(13)18;2*3-1-2-7(4,5)6/h4-11H,1-3,12-13H2,(H3,20,21)(H3,22,23);2-7,9,16,18H,8H2,1H3;2*3H,1-2H2,(H,4,5,6). The number of carbonyl (C=O) groups excluding carboxylic acids is 1. The van der Waals surface area contributed by atoms with Crippen molar-refractivity contribution in [2.24, 2.45) is 11.5 Å². The average molecular weight is 851 g/mol. The Hall–Kier alpha value is -5.77. The zero-order chi connectivity index (χ0) is 43.7. The number of methoxy groups -OCH3 is 1. The third-order valence-electron chi connectivity index (χ3n) is 7.16. The highest BCUT2D eigenvalue weighted by Gasteiger charge is 2.12. The van der Waals surface area contributed by atoms with E-state index in [1.807, 2.05) is 24.3 Å². The predicted molar refractivity (Wildman–Crippen MR) is 218 cm³/mol. The van der Waals surface area contributed by atoms with Crippen molar-refractivity contribution < 1.29 is 65.4 Å². The minimum atomic E-state index is -3.92. The van der Waals surface area contributed by atoms with Gasteiger partial charge in [0.2, 0.25) is 0 Å². The number of ether oxygens (including phenoxy) is 3. The molecule has 0 saturated heterocycles. The Morgan fingerprint density at radius 1 is 0.638 bits per heavy atom. The van der Waals surface area contributed by atoms with Crippen LogP contribution in [0.4, 0.5) is 0 Å². The van der Waals surface area contributed by atoms with Gasteiger partial charge >= 0.3 is 0 Å². The van der Waals surface area contributed by atoms with Crippen LogP contribution in [0.5, 0.6) is 28.7 Å². The number of Topliss-reactive ketones (excluding diaryl/α,β-unsaturated/α-hetero) is 1. The smallest absolute Gasteiger partial charge is 0.267 e. The number of nitrogens with two attached hydrogens (primary N) is 2. The van der Waals surface area contributed by atoms with E-state index < -0.39 is 45.0 Å². The first-order chi connectivity index (χ1) is 27.3. The number of aliphatic hydroxyl groups excluding tert-OH is 2. The number of rotatable bonds is 18. The van der Waals surface area contributed by atoms with E-state index in [4.69, 9.17) is 55.8 Å². The van der Waals surface area contributed by atoms with Gasteiger partial charge in [-0.25, -0.2) is 0 Å². The second kappa shape index (κ2) is 26.2. The van der Waals surface area contributed by atoms with Crippen molar-refractivity contribution in [2.75, 3.05) is 45.0 Å². The van der Waals surface area contributed by atoms with E-state index >= 15 is 0 Å². The van der Waals surface area contributed by atoms with Crippen molar-refractivity contribution in [1.29, 1.82) is 10.8 Å². The summed E-state index contributed by atoms with van der Waals surface area (Å²) in [7, 11) is -6.27. The number of nitrogen functional groups attached to an aromatic ring is 2. The van der Waals surface area contributed by atoms with Gasteiger partial charge in [-0.3, -0.25) is 24.7 Å². The van der Waals surface area contributed by atoms with E-state index in [0.717, 1.165) is 48.1 Å². The van der Waals surface area contributed by atoms with Gasteiger partial charge in [-0.15, -0.1) is 0 Å². The SMILES string of the molecule is COc1ccc(CC(=O)c2ccc(O)cc2O)cc1.N=C(N)c1ccc(OCCCCCOc2ccc(C(=N)N)cc2)cc1.O=S(=O)(O)CCO.O=S(=O)(O)CCO. The molecule has 0 aromatic heterocycles. The largest absolute Gasteiger partial charge is 0.508 e. The van der Waals surface area contributed by atoms with Crippen LogP contribution >= 0.6 is 0 Å². The summed E-state index contributed by atoms with van der Waals surface area (Å²) in [5.41, 5.74) is 13.2. The Kier molecular flexibility index (Phi) is 22.7. The topological polar surface area (TPSA) is 334 Å². The number of amidine groups is 2. The lowest BCUT2D eigenvalue weighted by molar-refractivity contribution is 0.0990. The molecular formula is C38H50N4O14S2. The van der Waals surface area contributed by atoms with Gasteiger partial charge in [0.1, 0.15) is 40.4 Å². The molecule has 0 spiro atoms. The molecule has 0 aliphatic rings. The zero-order valence-electron chi connectivity index (χ0n) is 31.7. The van der Waals surface area contributed by atoms with Gasteiger partial charge in [-0.2, -0.15) is 16.8 Å². The fourth-order valence-corrected chi connectivity index (χ4v) is 4.69. The molecule has 18 nitrogen and oxygen atoms in total. The van der Waals surface area contributed by atoms with Gasteiger partial charge in [0.25, 0.3) is 20.2 Å². The van der Waals surface area contributed by atoms with E-state index in [9.17, 15) is 31.8 Å². The lowest BCUT2D eigenvalue weighted by atomic mass is 10.0. The van der Waals surface area contributed by atoms with Gasteiger partial charge in [0.15, 0.2) is 5.78 Å². The van der Waals surface area contributed by atoms with Crippen LogP contribution in [0.15, 0.2) is 91.0 Å². The number of hydrogen-bond acceptors (Lipinski definition) is 14. The zero-order valence-corrected chi connectivity index (χ0v) is 33.3. The van der Waals surface area contributed by atoms with Gasteiger partial charge in [0, 0.05) is 23.6 Å². The number of nitrogens with one attached hydrogen (secondary N) is 2. The number of aromatic hydroxyl groups is 2. The van der Waals surface area contributed by atoms with Crippen LogP contribution in [-0.4, -0.2) is 109 Å². The molecule has 4 rings (SSSR count). The lowest BCUT2D eigenvalue weighted by Crippen LogP contribution is -2.10. The quantitative estimate of drug-likeness (QED) is 0.0226. The Bertz CT molecular complexity index is 1990. The van der Waals surface area contributed by atoms with Crippen LogP contribution < -0.4 is 25.7 Å². The number of carbonyl (C=O) groups is 1. The van der Waals surface area contributed by atoms with E-state index in [0.29, 0.717) is 24.3 Å². The maximum atomic E-state index is 12.0. The molecule has 0 unspecified atom stereocenters. The summed E-state index contributed by atoms with van der Waals surface area (Å²) in [6, 6.07) is 25.5. The van der Waals surface area contributed by atoms with Crippen molar-refractivity contribution in [3.8, 4) is 28.7 Å². The maximum Gasteiger partial charge on any atom is 0.267 e. The van der Waals surface area contributed by atoms with E-state index in [1.54, 1.807) is 55.6 Å². The molecule has 0 amide bonds. The van der Waals surface area contributed by atoms with Crippen molar-refractivity contribution in [3.05, 3.63) is 113 Å². The monoisotopic (exact) mass is 850 g/mol. The van der Waals surface area contributed by atoms with Crippen molar-refractivity contribution in [2.45, 2.75) is 25.7 Å². The number of aliphatic hydroxyl groups is 2. The fraction of sp³-hybridized carbons (Fsp3) is 0.289. The number of benzene rings is 4. The molecular weight excluding hydrogens is 801 g/mol. The summed E-state index contributed by atoms with van der Waals surface area (Å²) in [6.45, 7) is 0.233. The van der Waals surface area contributed by atoms with Crippen LogP contribution in [0.2, 0.25) is 0 Å². The van der Waals surface area contributed by atoms with E-state index in [1.165, 1.54) is 12.1 Å². The van der Waals surface area contributed by atoms with Gasteiger partial charge in [-0.1, -0.05) is 12.1 Å². The number of unbranched alkanes of at least 4 members (excludes halogenated alkanes) is 2. The average Bonchev–Trinajstić information content (AvgIpc) is 3.15. The molecule has 0 radical (unpaired) electrons. The van der Waals surface area contributed by atoms with Crippen LogP contribution in [0.3, 0.4) is 0 Å². The molecule has 12 N–H and O–H groups in total. The first kappa shape index (κ1) is 50.2. The van der Waals surface area contributed by atoms with Crippen molar-refractivity contribution >= 4 is 37.7 Å². The summed E-state index contributed by atoms with van der Waals surface area (Å²) in [5.74, 6) is 0.770. The molecule has 0 bridgehead atoms. The second-order valence-electron chi connectivity index (χ2n) is 11.8. The third kappa shape index (κ3) is 22.7. The fourth-order valence-electron chi connectivity index (χ4n) is 4.23. The molecule has 0 fully saturated rings. The number of hydrogen-bond donors (Lipinski definition) is 10. The van der Waals surface area contributed by atoms with Crippen molar-refractivity contribution in [3.63, 3.8) is 0 Å². The summed E-state index contributed by atoms with van der Waals surface area (Å²) in [4.78, 5) is 12.0. The molecule has 4 aromatic carbocycles. The highest BCUT2D eigenvalue weighted by atomic mass is 32.2. The molecule has 0 aliphatic heterocycles.